The van der Waals surface area contributed by atoms with E-state index in [0.717, 1.165) is 17.0 Å². The molecule has 1 heterocycles. The Morgan fingerprint density at radius 2 is 1.79 bits per heavy atom. The van der Waals surface area contributed by atoms with Crippen molar-refractivity contribution in [1.82, 2.24) is 15.5 Å². The lowest BCUT2D eigenvalue weighted by atomic mass is 9.91. The third-order valence-electron chi connectivity index (χ3n) is 4.46. The first-order chi connectivity index (χ1) is 13.1. The molecule has 1 aromatic heterocycles. The van der Waals surface area contributed by atoms with E-state index < -0.39 is 6.04 Å². The van der Waals surface area contributed by atoms with E-state index in [1.54, 1.807) is 0 Å². The predicted octanol–water partition coefficient (Wildman–Crippen LogP) is 4.42. The van der Waals surface area contributed by atoms with E-state index in [-0.39, 0.29) is 23.1 Å². The van der Waals surface area contributed by atoms with Gasteiger partial charge in [0, 0.05) is 12.0 Å². The van der Waals surface area contributed by atoms with Crippen LogP contribution in [0.2, 0.25) is 0 Å². The SMILES string of the molecule is CCC(C)C(NC(=O)CC(C)(C)C)C(=O)Nc1nnc(-c2ccc(C)cc2)s1. The zero-order valence-electron chi connectivity index (χ0n) is 17.5. The van der Waals surface area contributed by atoms with Crippen molar-refractivity contribution in [2.24, 2.45) is 11.3 Å². The van der Waals surface area contributed by atoms with Gasteiger partial charge in [-0.2, -0.15) is 0 Å². The number of rotatable bonds is 7. The van der Waals surface area contributed by atoms with Crippen molar-refractivity contribution in [3.8, 4) is 10.6 Å². The van der Waals surface area contributed by atoms with E-state index in [2.05, 4.69) is 20.8 Å². The molecular formula is C21H30N4O2S. The van der Waals surface area contributed by atoms with Crippen LogP contribution in [0.3, 0.4) is 0 Å². The second kappa shape index (κ2) is 9.28. The quantitative estimate of drug-likeness (QED) is 0.718. The Hall–Kier alpha value is -2.28. The third-order valence-corrected chi connectivity index (χ3v) is 5.34. The summed E-state index contributed by atoms with van der Waals surface area (Å²) in [6.07, 6.45) is 1.14. The zero-order chi connectivity index (χ0) is 20.9. The van der Waals surface area contributed by atoms with Gasteiger partial charge in [-0.15, -0.1) is 10.2 Å². The highest BCUT2D eigenvalue weighted by molar-refractivity contribution is 7.18. The molecule has 0 aliphatic rings. The molecule has 0 spiro atoms. The predicted molar refractivity (Wildman–Crippen MR) is 114 cm³/mol. The van der Waals surface area contributed by atoms with Crippen molar-refractivity contribution < 1.29 is 9.59 Å². The first kappa shape index (κ1) is 22.0. The van der Waals surface area contributed by atoms with Gasteiger partial charge in [0.1, 0.15) is 11.0 Å². The molecule has 0 saturated carbocycles. The maximum atomic E-state index is 12.8. The van der Waals surface area contributed by atoms with Crippen molar-refractivity contribution in [2.45, 2.75) is 60.4 Å². The van der Waals surface area contributed by atoms with E-state index >= 15 is 0 Å². The molecule has 2 amide bonds. The molecule has 2 rings (SSSR count). The van der Waals surface area contributed by atoms with Crippen LogP contribution in [0.25, 0.3) is 10.6 Å². The summed E-state index contributed by atoms with van der Waals surface area (Å²) in [5, 5.41) is 15.1. The molecular weight excluding hydrogens is 372 g/mol. The summed E-state index contributed by atoms with van der Waals surface area (Å²) in [5.74, 6) is -0.373. The van der Waals surface area contributed by atoms with Gasteiger partial charge in [0.2, 0.25) is 16.9 Å². The van der Waals surface area contributed by atoms with Crippen LogP contribution in [-0.4, -0.2) is 28.1 Å². The molecule has 2 unspecified atom stereocenters. The smallest absolute Gasteiger partial charge is 0.249 e. The Bertz CT molecular complexity index is 809. The second-order valence-electron chi connectivity index (χ2n) is 8.44. The molecule has 28 heavy (non-hydrogen) atoms. The van der Waals surface area contributed by atoms with Crippen molar-refractivity contribution >= 4 is 28.3 Å². The van der Waals surface area contributed by atoms with E-state index in [1.165, 1.54) is 16.9 Å². The number of nitrogens with zero attached hydrogens (tertiary/aromatic N) is 2. The molecule has 0 radical (unpaired) electrons. The minimum absolute atomic E-state index is 0.00779. The fourth-order valence-corrected chi connectivity index (χ4v) is 3.43. The van der Waals surface area contributed by atoms with Gasteiger partial charge in [0.25, 0.3) is 0 Å². The van der Waals surface area contributed by atoms with Gasteiger partial charge in [0.15, 0.2) is 0 Å². The Balaban J connectivity index is 2.08. The summed E-state index contributed by atoms with van der Waals surface area (Å²) >= 11 is 1.32. The number of aryl methyl sites for hydroxylation is 1. The molecule has 2 aromatic rings. The molecule has 7 heteroatoms. The van der Waals surface area contributed by atoms with Crippen molar-refractivity contribution in [2.75, 3.05) is 5.32 Å². The lowest BCUT2D eigenvalue weighted by Gasteiger charge is -2.25. The van der Waals surface area contributed by atoms with Crippen LogP contribution in [0.15, 0.2) is 24.3 Å². The maximum Gasteiger partial charge on any atom is 0.249 e. The lowest BCUT2D eigenvalue weighted by molar-refractivity contribution is -0.128. The highest BCUT2D eigenvalue weighted by Crippen LogP contribution is 2.27. The van der Waals surface area contributed by atoms with Crippen LogP contribution in [0.1, 0.15) is 53.0 Å². The van der Waals surface area contributed by atoms with E-state index in [4.69, 9.17) is 0 Å². The molecule has 0 saturated heterocycles. The fraction of sp³-hybridized carbons (Fsp3) is 0.524. The van der Waals surface area contributed by atoms with Gasteiger partial charge >= 0.3 is 0 Å². The van der Waals surface area contributed by atoms with Crippen LogP contribution in [-0.2, 0) is 9.59 Å². The standard InChI is InChI=1S/C21H30N4O2S/c1-7-14(3)17(22-16(26)12-21(4,5)6)18(27)23-20-25-24-19(28-20)15-10-8-13(2)9-11-15/h8-11,14,17H,7,12H2,1-6H3,(H,22,26)(H,23,25,27). The van der Waals surface area contributed by atoms with E-state index in [9.17, 15) is 9.59 Å². The Morgan fingerprint density at radius 3 is 2.36 bits per heavy atom. The highest BCUT2D eigenvalue weighted by atomic mass is 32.1. The minimum Gasteiger partial charge on any atom is -0.344 e. The van der Waals surface area contributed by atoms with Crippen LogP contribution >= 0.6 is 11.3 Å². The zero-order valence-corrected chi connectivity index (χ0v) is 18.3. The van der Waals surface area contributed by atoms with Crippen LogP contribution < -0.4 is 10.6 Å². The van der Waals surface area contributed by atoms with Gasteiger partial charge in [-0.1, -0.05) is 82.2 Å². The molecule has 0 aliphatic carbocycles. The number of nitrogens with one attached hydrogen (secondary N) is 2. The number of anilines is 1. The monoisotopic (exact) mass is 402 g/mol. The molecule has 2 N–H and O–H groups in total. The van der Waals surface area contributed by atoms with Crippen molar-refractivity contribution in [1.29, 1.82) is 0 Å². The normalized spacial score (nSPS) is 13.6. The largest absolute Gasteiger partial charge is 0.344 e. The Morgan fingerprint density at radius 1 is 1.14 bits per heavy atom. The summed E-state index contributed by atoms with van der Waals surface area (Å²) in [4.78, 5) is 25.2. The second-order valence-corrected chi connectivity index (χ2v) is 9.41. The summed E-state index contributed by atoms with van der Waals surface area (Å²) < 4.78 is 0. The van der Waals surface area contributed by atoms with Crippen LogP contribution in [0.4, 0.5) is 5.13 Å². The summed E-state index contributed by atoms with van der Waals surface area (Å²) in [6, 6.07) is 7.38. The van der Waals surface area contributed by atoms with E-state index in [1.807, 2.05) is 65.8 Å². The van der Waals surface area contributed by atoms with Gasteiger partial charge in [-0.05, 0) is 18.3 Å². The summed E-state index contributed by atoms with van der Waals surface area (Å²) in [5.41, 5.74) is 1.99. The molecule has 0 fully saturated rings. The summed E-state index contributed by atoms with van der Waals surface area (Å²) in [6.45, 7) is 12.0. The fourth-order valence-electron chi connectivity index (χ4n) is 2.68. The molecule has 6 nitrogen and oxygen atoms in total. The average Bonchev–Trinajstić information content (AvgIpc) is 3.06. The molecule has 152 valence electrons. The first-order valence-electron chi connectivity index (χ1n) is 9.60. The summed E-state index contributed by atoms with van der Waals surface area (Å²) in [7, 11) is 0. The number of aromatic nitrogens is 2. The number of carbonyl (C=O) groups is 2. The van der Waals surface area contributed by atoms with Gasteiger partial charge in [-0.3, -0.25) is 14.9 Å². The molecule has 0 aliphatic heterocycles. The average molecular weight is 403 g/mol. The van der Waals surface area contributed by atoms with Gasteiger partial charge in [0.05, 0.1) is 0 Å². The van der Waals surface area contributed by atoms with Crippen molar-refractivity contribution in [3.63, 3.8) is 0 Å². The van der Waals surface area contributed by atoms with Crippen LogP contribution in [0, 0.1) is 18.3 Å². The molecule has 0 bridgehead atoms. The number of carbonyl (C=O) groups excluding carboxylic acids is 2. The molecule has 1 aromatic carbocycles. The van der Waals surface area contributed by atoms with E-state index in [0.29, 0.717) is 11.6 Å². The number of amides is 2. The molecule has 2 atom stereocenters. The third kappa shape index (κ3) is 6.41. The number of hydrogen-bond acceptors (Lipinski definition) is 5. The highest BCUT2D eigenvalue weighted by Gasteiger charge is 2.28. The number of hydrogen-bond donors (Lipinski definition) is 2. The minimum atomic E-state index is -0.605. The Kier molecular flexibility index (Phi) is 7.29. The van der Waals surface area contributed by atoms with Crippen molar-refractivity contribution in [3.05, 3.63) is 29.8 Å². The maximum absolute atomic E-state index is 12.8. The lowest BCUT2D eigenvalue weighted by Crippen LogP contribution is -2.48. The van der Waals surface area contributed by atoms with Crippen LogP contribution in [0.5, 0.6) is 0 Å². The first-order valence-corrected chi connectivity index (χ1v) is 10.4. The number of benzene rings is 1. The van der Waals surface area contributed by atoms with Gasteiger partial charge in [-0.25, -0.2) is 0 Å². The topological polar surface area (TPSA) is 84.0 Å². The Labute approximate surface area is 171 Å². The van der Waals surface area contributed by atoms with Gasteiger partial charge < -0.3 is 5.32 Å².